The first-order valence-electron chi connectivity index (χ1n) is 14.2. The number of fused-ring (bicyclic) bond motifs is 1. The van der Waals surface area contributed by atoms with Crippen molar-refractivity contribution in [1.29, 1.82) is 0 Å². The Bertz CT molecular complexity index is 1300. The van der Waals surface area contributed by atoms with Gasteiger partial charge < -0.3 is 38.9 Å². The highest BCUT2D eigenvalue weighted by Gasteiger charge is 2.45. The fourth-order valence-electron chi connectivity index (χ4n) is 4.61. The zero-order valence-electron chi connectivity index (χ0n) is 23.8. The lowest BCUT2D eigenvalue weighted by atomic mass is 10.1. The van der Waals surface area contributed by atoms with Gasteiger partial charge in [-0.15, -0.1) is 0 Å². The first-order chi connectivity index (χ1) is 20.3. The van der Waals surface area contributed by atoms with E-state index in [0.717, 1.165) is 19.3 Å². The van der Waals surface area contributed by atoms with Crippen LogP contribution in [0.15, 0.2) is 6.33 Å². The summed E-state index contributed by atoms with van der Waals surface area (Å²) in [6, 6.07) is 0. The number of halogens is 1. The van der Waals surface area contributed by atoms with Gasteiger partial charge in [0, 0.05) is 0 Å². The normalized spacial score (nSPS) is 22.1. The number of hydrogen-bond donors (Lipinski definition) is 6. The lowest BCUT2D eigenvalue weighted by Crippen LogP contribution is -2.33. The van der Waals surface area contributed by atoms with E-state index in [9.17, 15) is 29.0 Å². The number of nitrogens with zero attached hydrogens (tertiary/aromatic N) is 4. The molecule has 2 aromatic rings. The van der Waals surface area contributed by atoms with E-state index in [-0.39, 0.29) is 28.9 Å². The van der Waals surface area contributed by atoms with E-state index in [0.29, 0.717) is 6.42 Å². The monoisotopic (exact) mass is 671 g/mol. The van der Waals surface area contributed by atoms with Gasteiger partial charge in [-0.1, -0.05) is 64.7 Å². The van der Waals surface area contributed by atoms with Gasteiger partial charge in [-0.3, -0.25) is 19.0 Å². The zero-order valence-corrected chi connectivity index (χ0v) is 26.4. The van der Waals surface area contributed by atoms with Gasteiger partial charge >= 0.3 is 21.3 Å². The van der Waals surface area contributed by atoms with Crippen molar-refractivity contribution >= 4 is 49.9 Å². The summed E-state index contributed by atoms with van der Waals surface area (Å²) in [6.45, 7) is 1.66. The van der Waals surface area contributed by atoms with E-state index in [1.807, 2.05) is 0 Å². The summed E-state index contributed by atoms with van der Waals surface area (Å²) in [6.07, 6.45) is 5.98. The zero-order chi connectivity index (χ0) is 31.6. The summed E-state index contributed by atoms with van der Waals surface area (Å²) >= 11 is 6.06. The van der Waals surface area contributed by atoms with Crippen LogP contribution in [0.2, 0.25) is 5.28 Å². The molecular formula is C24H40ClN5O11P2. The Morgan fingerprint density at radius 3 is 2.28 bits per heavy atom. The molecule has 0 radical (unpaired) electrons. The van der Waals surface area contributed by atoms with Crippen LogP contribution in [0.4, 0.5) is 10.6 Å². The molecule has 1 fully saturated rings. The number of anilines is 1. The highest BCUT2D eigenvalue weighted by Crippen LogP contribution is 2.55. The Labute approximate surface area is 253 Å². The van der Waals surface area contributed by atoms with Gasteiger partial charge in [-0.25, -0.2) is 9.78 Å². The molecule has 0 spiro atoms. The molecule has 1 aliphatic rings. The number of imidazole rings is 1. The Kier molecular flexibility index (Phi) is 13.8. The Balaban J connectivity index is 1.53. The predicted octanol–water partition coefficient (Wildman–Crippen LogP) is 3.91. The second kappa shape index (κ2) is 16.6. The van der Waals surface area contributed by atoms with Crippen LogP contribution in [0, 0.1) is 0 Å². The number of amides is 1. The van der Waals surface area contributed by atoms with Gasteiger partial charge in [0.05, 0.1) is 19.5 Å². The molecule has 1 saturated heterocycles. The number of rotatable bonds is 18. The number of carbonyl (C=O) groups excluding carboxylic acids is 1. The fraction of sp³-hybridized carbons (Fsp3) is 0.750. The van der Waals surface area contributed by atoms with Crippen LogP contribution in [0.3, 0.4) is 0 Å². The molecule has 0 bridgehead atoms. The Morgan fingerprint density at radius 2 is 1.65 bits per heavy atom. The molecule has 3 rings (SSSR count). The van der Waals surface area contributed by atoms with Crippen molar-refractivity contribution in [2.75, 3.05) is 24.4 Å². The molecule has 1 amide bonds. The maximum Gasteiger partial charge on any atom is 0.412 e. The third kappa shape index (κ3) is 11.3. The van der Waals surface area contributed by atoms with Crippen LogP contribution in [-0.4, -0.2) is 87.9 Å². The van der Waals surface area contributed by atoms with Crippen molar-refractivity contribution in [3.63, 3.8) is 0 Å². The summed E-state index contributed by atoms with van der Waals surface area (Å²) in [5, 5.41) is 23.2. The fourth-order valence-corrected chi connectivity index (χ4v) is 7.34. The number of carbonyl (C=O) groups is 1. The van der Waals surface area contributed by atoms with Crippen molar-refractivity contribution in [2.24, 2.45) is 0 Å². The number of nitrogens with one attached hydrogen (secondary N) is 1. The van der Waals surface area contributed by atoms with Crippen LogP contribution < -0.4 is 5.32 Å². The number of aromatic nitrogens is 4. The van der Waals surface area contributed by atoms with Gasteiger partial charge in [0.15, 0.2) is 29.1 Å². The molecule has 1 aliphatic heterocycles. The molecule has 0 aliphatic carbocycles. The van der Waals surface area contributed by atoms with E-state index >= 15 is 0 Å². The lowest BCUT2D eigenvalue weighted by molar-refractivity contribution is -0.0483. The second-order valence-corrected chi connectivity index (χ2v) is 14.7. The molecule has 5 atom stereocenters. The highest BCUT2D eigenvalue weighted by atomic mass is 35.5. The number of unbranched alkanes of at least 4 members (excludes halogenated alkanes) is 9. The Morgan fingerprint density at radius 1 is 1.02 bits per heavy atom. The minimum Gasteiger partial charge on any atom is -0.449 e. The van der Waals surface area contributed by atoms with E-state index in [2.05, 4.69) is 27.2 Å². The van der Waals surface area contributed by atoms with E-state index in [1.54, 1.807) is 0 Å². The van der Waals surface area contributed by atoms with Crippen molar-refractivity contribution < 1.29 is 52.8 Å². The van der Waals surface area contributed by atoms with Crippen molar-refractivity contribution in [2.45, 2.75) is 95.7 Å². The molecule has 2 unspecified atom stereocenters. The lowest BCUT2D eigenvalue weighted by Gasteiger charge is -2.18. The molecule has 6 N–H and O–H groups in total. The maximum atomic E-state index is 12.4. The highest BCUT2D eigenvalue weighted by molar-refractivity contribution is 7.70. The van der Waals surface area contributed by atoms with Crippen LogP contribution >= 0.6 is 26.8 Å². The van der Waals surface area contributed by atoms with Gasteiger partial charge in [0.2, 0.25) is 5.28 Å². The molecule has 0 saturated carbocycles. The van der Waals surface area contributed by atoms with E-state index < -0.39 is 58.3 Å². The Hall–Kier alpha value is -1.71. The second-order valence-electron chi connectivity index (χ2n) is 10.4. The largest absolute Gasteiger partial charge is 0.449 e. The molecule has 43 heavy (non-hydrogen) atoms. The molecule has 3 heterocycles. The first kappa shape index (κ1) is 35.8. The third-order valence-corrected chi connectivity index (χ3v) is 10.4. The minimum absolute atomic E-state index is 0.0251. The molecular weight excluding hydrogens is 632 g/mol. The van der Waals surface area contributed by atoms with Crippen LogP contribution in [0.5, 0.6) is 0 Å². The number of hydrogen-bond acceptors (Lipinski definition) is 11. The van der Waals surface area contributed by atoms with Crippen LogP contribution in [-0.2, 0) is 23.1 Å². The molecule has 2 aromatic heterocycles. The SMILES string of the molecule is CCCCCCCCCCCCOC(=O)Nc1nc(Cl)nc2c1ncn2[C@@H]1O[C@H](COP(=O)(O)CP(=O)(O)O)C(O)[C@@H]1O. The minimum atomic E-state index is -4.86. The maximum absolute atomic E-state index is 12.4. The molecule has 19 heteroatoms. The smallest absolute Gasteiger partial charge is 0.412 e. The van der Waals surface area contributed by atoms with E-state index in [4.69, 9.17) is 35.4 Å². The quantitative estimate of drug-likeness (QED) is 0.0749. The van der Waals surface area contributed by atoms with Gasteiger partial charge in [0.1, 0.15) is 18.3 Å². The summed E-state index contributed by atoms with van der Waals surface area (Å²) < 4.78 is 39.8. The van der Waals surface area contributed by atoms with Gasteiger partial charge in [0.25, 0.3) is 0 Å². The predicted molar refractivity (Wildman–Crippen MR) is 156 cm³/mol. The van der Waals surface area contributed by atoms with Gasteiger partial charge in [-0.05, 0) is 18.0 Å². The van der Waals surface area contributed by atoms with Crippen molar-refractivity contribution in [3.8, 4) is 0 Å². The number of ether oxygens (including phenoxy) is 2. The van der Waals surface area contributed by atoms with Crippen LogP contribution in [0.1, 0.15) is 77.4 Å². The number of aliphatic hydroxyl groups excluding tert-OH is 2. The summed E-state index contributed by atoms with van der Waals surface area (Å²) in [7, 11) is -9.59. The molecule has 0 aromatic carbocycles. The average molecular weight is 672 g/mol. The third-order valence-electron chi connectivity index (χ3n) is 6.76. The standard InChI is InChI=1S/C24H40ClN5O11P2/c1-2-3-4-5-6-7-8-9-10-11-12-39-24(33)28-20-17-21(29-23(25)27-20)30(14-26-17)22-19(32)18(31)16(41-22)13-40-43(37,38)15-42(34,35)36/h14,16,18-19,22,31-32H,2-13,15H2,1H3,(H,37,38)(H2,34,35,36)(H,27,28,29,33)/t16-,18?,19+,22-/m1/s1. The van der Waals surface area contributed by atoms with Crippen molar-refractivity contribution in [3.05, 3.63) is 11.6 Å². The van der Waals surface area contributed by atoms with E-state index in [1.165, 1.54) is 49.4 Å². The summed E-state index contributed by atoms with van der Waals surface area (Å²) in [4.78, 5) is 52.2. The van der Waals surface area contributed by atoms with Gasteiger partial charge in [-0.2, -0.15) is 9.97 Å². The topological polar surface area (TPSA) is 236 Å². The summed E-state index contributed by atoms with van der Waals surface area (Å²) in [5.74, 6) is -1.48. The number of aliphatic hydroxyl groups is 2. The molecule has 244 valence electrons. The van der Waals surface area contributed by atoms with Crippen molar-refractivity contribution in [1.82, 2.24) is 19.5 Å². The first-order valence-corrected chi connectivity index (χ1v) is 18.1. The summed E-state index contributed by atoms with van der Waals surface area (Å²) in [5.41, 5.74) is 0.101. The average Bonchev–Trinajstić information content (AvgIpc) is 3.45. The molecule has 16 nitrogen and oxygen atoms in total. The van der Waals surface area contributed by atoms with Crippen LogP contribution in [0.25, 0.3) is 11.2 Å².